The molecule has 0 fully saturated rings. The lowest BCUT2D eigenvalue weighted by molar-refractivity contribution is 0.640. The molecule has 0 saturated heterocycles. The van der Waals surface area contributed by atoms with Crippen LogP contribution in [0, 0.1) is 12.8 Å². The maximum Gasteiger partial charge on any atom is -0.0288 e. The van der Waals surface area contributed by atoms with E-state index < -0.39 is 0 Å². The van der Waals surface area contributed by atoms with Crippen molar-refractivity contribution in [2.45, 2.75) is 47.0 Å². The first-order chi connectivity index (χ1) is 6.06. The minimum Gasteiger partial charge on any atom is -0.0853 e. The van der Waals surface area contributed by atoms with Crippen LogP contribution in [0.1, 0.15) is 47.0 Å². The molecule has 0 unspecified atom stereocenters. The van der Waals surface area contributed by atoms with Gasteiger partial charge in [-0.2, -0.15) is 0 Å². The van der Waals surface area contributed by atoms with Crippen molar-refractivity contribution in [3.05, 3.63) is 30.2 Å². The van der Waals surface area contributed by atoms with Crippen LogP contribution in [0.4, 0.5) is 0 Å². The molecule has 0 spiro atoms. The van der Waals surface area contributed by atoms with Gasteiger partial charge in [0.2, 0.25) is 0 Å². The van der Waals surface area contributed by atoms with Gasteiger partial charge >= 0.3 is 0 Å². The Labute approximate surface area is 83.7 Å². The molecular formula is C13H23. The fourth-order valence-electron chi connectivity index (χ4n) is 1.38. The normalized spacial score (nSPS) is 14.0. The van der Waals surface area contributed by atoms with Gasteiger partial charge in [-0.3, -0.25) is 0 Å². The molecule has 0 aliphatic rings. The van der Waals surface area contributed by atoms with Crippen molar-refractivity contribution in [2.24, 2.45) is 5.92 Å². The third-order valence-corrected chi connectivity index (χ3v) is 2.11. The fraction of sp³-hybridized carbons (Fsp3) is 0.615. The van der Waals surface area contributed by atoms with Crippen LogP contribution in [0.3, 0.4) is 0 Å². The van der Waals surface area contributed by atoms with E-state index in [1.54, 1.807) is 0 Å². The molecule has 0 aliphatic heterocycles. The van der Waals surface area contributed by atoms with Gasteiger partial charge in [0.25, 0.3) is 0 Å². The van der Waals surface area contributed by atoms with E-state index in [0.717, 1.165) is 18.8 Å². The summed E-state index contributed by atoms with van der Waals surface area (Å²) in [5.41, 5.74) is 2.90. The van der Waals surface area contributed by atoms with Crippen LogP contribution in [0.25, 0.3) is 0 Å². The van der Waals surface area contributed by atoms with Gasteiger partial charge in [-0.25, -0.2) is 0 Å². The van der Waals surface area contributed by atoms with Crippen molar-refractivity contribution in [1.82, 2.24) is 0 Å². The summed E-state index contributed by atoms with van der Waals surface area (Å²) in [6.07, 6.45) is 7.85. The number of hydrogen-bond donors (Lipinski definition) is 0. The van der Waals surface area contributed by atoms with E-state index in [-0.39, 0.29) is 0 Å². The van der Waals surface area contributed by atoms with E-state index in [1.165, 1.54) is 17.6 Å². The number of rotatable bonds is 5. The van der Waals surface area contributed by atoms with E-state index in [4.69, 9.17) is 0 Å². The third kappa shape index (κ3) is 7.83. The first-order valence-electron chi connectivity index (χ1n) is 5.16. The van der Waals surface area contributed by atoms with Crippen LogP contribution >= 0.6 is 0 Å². The van der Waals surface area contributed by atoms with Crippen molar-refractivity contribution < 1.29 is 0 Å². The molecule has 0 atom stereocenters. The molecular weight excluding hydrogens is 156 g/mol. The summed E-state index contributed by atoms with van der Waals surface area (Å²) < 4.78 is 0. The maximum absolute atomic E-state index is 3.75. The Balaban J connectivity index is 3.71. The molecule has 0 aromatic heterocycles. The molecule has 0 aromatic carbocycles. The van der Waals surface area contributed by atoms with Crippen molar-refractivity contribution in [3.63, 3.8) is 0 Å². The maximum atomic E-state index is 3.75. The average molecular weight is 179 g/mol. The van der Waals surface area contributed by atoms with Crippen molar-refractivity contribution in [3.8, 4) is 0 Å². The molecule has 0 aromatic rings. The largest absolute Gasteiger partial charge is 0.0853 e. The summed E-state index contributed by atoms with van der Waals surface area (Å²) in [6, 6.07) is 0. The smallest absolute Gasteiger partial charge is 0.0288 e. The first-order valence-corrected chi connectivity index (χ1v) is 5.16. The molecule has 1 radical (unpaired) electrons. The van der Waals surface area contributed by atoms with E-state index in [2.05, 4.69) is 40.7 Å². The van der Waals surface area contributed by atoms with Gasteiger partial charge in [-0.1, -0.05) is 37.1 Å². The second-order valence-corrected chi connectivity index (χ2v) is 4.24. The number of allylic oxidation sites excluding steroid dienone is 4. The van der Waals surface area contributed by atoms with Gasteiger partial charge in [0.15, 0.2) is 0 Å². The zero-order valence-corrected chi connectivity index (χ0v) is 9.56. The van der Waals surface area contributed by atoms with Crippen LogP contribution in [0.5, 0.6) is 0 Å². The van der Waals surface area contributed by atoms with E-state index in [1.807, 2.05) is 6.08 Å². The van der Waals surface area contributed by atoms with Crippen LogP contribution < -0.4 is 0 Å². The molecule has 0 amide bonds. The summed E-state index contributed by atoms with van der Waals surface area (Å²) >= 11 is 0. The van der Waals surface area contributed by atoms with Crippen LogP contribution in [-0.2, 0) is 0 Å². The van der Waals surface area contributed by atoms with Crippen molar-refractivity contribution in [2.75, 3.05) is 0 Å². The Morgan fingerprint density at radius 1 is 1.23 bits per heavy atom. The van der Waals surface area contributed by atoms with Gasteiger partial charge in [-0.05, 0) is 46.0 Å². The molecule has 0 nitrogen and oxygen atoms in total. The fourth-order valence-corrected chi connectivity index (χ4v) is 1.38. The summed E-state index contributed by atoms with van der Waals surface area (Å²) in [5.74, 6) is 0.778. The van der Waals surface area contributed by atoms with Gasteiger partial charge < -0.3 is 0 Å². The zero-order valence-electron chi connectivity index (χ0n) is 9.56. The second kappa shape index (κ2) is 6.94. The Hall–Kier alpha value is -0.520. The second-order valence-electron chi connectivity index (χ2n) is 4.24. The molecule has 0 heterocycles. The minimum atomic E-state index is 0.778. The highest BCUT2D eigenvalue weighted by molar-refractivity contribution is 5.04. The summed E-state index contributed by atoms with van der Waals surface area (Å²) in [6.45, 7) is 12.6. The molecule has 13 heavy (non-hydrogen) atoms. The highest BCUT2D eigenvalue weighted by Crippen LogP contribution is 2.12. The summed E-state index contributed by atoms with van der Waals surface area (Å²) in [7, 11) is 0. The highest BCUT2D eigenvalue weighted by atomic mass is 14.0. The molecule has 0 saturated carbocycles. The molecule has 0 aliphatic carbocycles. The average Bonchev–Trinajstić information content (AvgIpc) is 2.02. The van der Waals surface area contributed by atoms with Gasteiger partial charge in [0.05, 0.1) is 0 Å². The molecule has 0 rings (SSSR count). The molecule has 75 valence electrons. The third-order valence-electron chi connectivity index (χ3n) is 2.11. The van der Waals surface area contributed by atoms with Crippen LogP contribution in [0.2, 0.25) is 0 Å². The SMILES string of the molecule is [CH2]/C=C(\C)CC/C=C(\C)CC(C)C. The standard InChI is InChI=1S/C13H23/c1-6-12(4)8-7-9-13(5)10-11(2)3/h6,9,11H,1,7-8,10H2,2-5H3/b12-6+,13-9+. The quantitative estimate of drug-likeness (QED) is 0.543. The molecule has 0 heteroatoms. The first kappa shape index (κ1) is 12.5. The van der Waals surface area contributed by atoms with E-state index >= 15 is 0 Å². The van der Waals surface area contributed by atoms with Gasteiger partial charge in [-0.15, -0.1) is 0 Å². The lowest BCUT2D eigenvalue weighted by Gasteiger charge is -2.04. The van der Waals surface area contributed by atoms with Crippen molar-refractivity contribution >= 4 is 0 Å². The summed E-state index contributed by atoms with van der Waals surface area (Å²) in [5, 5.41) is 0. The Morgan fingerprint density at radius 2 is 1.85 bits per heavy atom. The molecule has 0 bridgehead atoms. The monoisotopic (exact) mass is 179 g/mol. The Kier molecular flexibility index (Phi) is 6.66. The van der Waals surface area contributed by atoms with E-state index in [0.29, 0.717) is 0 Å². The zero-order chi connectivity index (χ0) is 10.3. The molecule has 0 N–H and O–H groups in total. The van der Waals surface area contributed by atoms with Gasteiger partial charge in [0.1, 0.15) is 0 Å². The number of hydrogen-bond acceptors (Lipinski definition) is 0. The Morgan fingerprint density at radius 3 is 2.31 bits per heavy atom. The summed E-state index contributed by atoms with van der Waals surface area (Å²) in [4.78, 5) is 0. The van der Waals surface area contributed by atoms with Gasteiger partial charge in [0, 0.05) is 0 Å². The van der Waals surface area contributed by atoms with Crippen molar-refractivity contribution in [1.29, 1.82) is 0 Å². The Bertz CT molecular complexity index is 182. The predicted molar refractivity (Wildman–Crippen MR) is 61.6 cm³/mol. The lowest BCUT2D eigenvalue weighted by Crippen LogP contribution is -1.88. The lowest BCUT2D eigenvalue weighted by atomic mass is 10.0. The predicted octanol–water partition coefficient (Wildman–Crippen LogP) is 4.54. The minimum absolute atomic E-state index is 0.778. The van der Waals surface area contributed by atoms with Crippen LogP contribution in [-0.4, -0.2) is 0 Å². The van der Waals surface area contributed by atoms with Crippen LogP contribution in [0.15, 0.2) is 23.3 Å². The highest BCUT2D eigenvalue weighted by Gasteiger charge is 1.95. The van der Waals surface area contributed by atoms with E-state index in [9.17, 15) is 0 Å². The topological polar surface area (TPSA) is 0 Å².